The molecular weight excluding hydrogens is 426 g/mol. The van der Waals surface area contributed by atoms with E-state index in [1.165, 1.54) is 7.11 Å². The van der Waals surface area contributed by atoms with E-state index >= 15 is 0 Å². The van der Waals surface area contributed by atoms with E-state index in [2.05, 4.69) is 15.6 Å². The summed E-state index contributed by atoms with van der Waals surface area (Å²) in [5, 5.41) is 7.41. The number of fused-ring (bicyclic) bond motifs is 1. The molecule has 6 N–H and O–H groups in total. The maximum Gasteiger partial charge on any atom is 0.252 e. The molecule has 3 aromatic rings. The van der Waals surface area contributed by atoms with Crippen LogP contribution in [0.2, 0.25) is 5.02 Å². The van der Waals surface area contributed by atoms with Gasteiger partial charge < -0.3 is 31.6 Å². The van der Waals surface area contributed by atoms with Crippen molar-refractivity contribution in [3.05, 3.63) is 53.2 Å². The second-order valence-electron chi connectivity index (χ2n) is 6.16. The third-order valence-electron chi connectivity index (χ3n) is 4.13. The Morgan fingerprint density at radius 2 is 2.03 bits per heavy atom. The normalized spacial score (nSPS) is 10.5. The lowest BCUT2D eigenvalue weighted by Gasteiger charge is -2.14. The van der Waals surface area contributed by atoms with Crippen LogP contribution in [0.3, 0.4) is 0 Å². The Hall–Kier alpha value is -3.14. The van der Waals surface area contributed by atoms with Crippen LogP contribution in [0.5, 0.6) is 17.2 Å². The zero-order chi connectivity index (χ0) is 21.7. The van der Waals surface area contributed by atoms with Gasteiger partial charge in [0, 0.05) is 36.8 Å². The van der Waals surface area contributed by atoms with Gasteiger partial charge in [0.1, 0.15) is 17.2 Å². The molecule has 0 spiro atoms. The maximum absolute atomic E-state index is 11.8. The van der Waals surface area contributed by atoms with Crippen LogP contribution in [0.25, 0.3) is 10.9 Å². The highest BCUT2D eigenvalue weighted by Crippen LogP contribution is 2.35. The quantitative estimate of drug-likeness (QED) is 0.409. The average Bonchev–Trinajstić information content (AvgIpc) is 2.73. The number of primary amides is 1. The number of pyridine rings is 1. The summed E-state index contributed by atoms with van der Waals surface area (Å²) in [6.45, 7) is 1.02. The summed E-state index contributed by atoms with van der Waals surface area (Å²) >= 11 is 11.5. The molecule has 1 heterocycles. The Bertz CT molecular complexity index is 1110. The van der Waals surface area contributed by atoms with Crippen molar-refractivity contribution in [3.8, 4) is 17.2 Å². The van der Waals surface area contributed by atoms with Crippen molar-refractivity contribution in [1.82, 2.24) is 10.3 Å². The zero-order valence-electron chi connectivity index (χ0n) is 16.1. The van der Waals surface area contributed by atoms with E-state index in [4.69, 9.17) is 44.8 Å². The Labute approximate surface area is 183 Å². The predicted octanol–water partition coefficient (Wildman–Crippen LogP) is 3.03. The summed E-state index contributed by atoms with van der Waals surface area (Å²) in [6.07, 6.45) is 1.60. The lowest BCUT2D eigenvalue weighted by Crippen LogP contribution is -2.32. The molecular formula is C20H20ClN5O3S. The topological polar surface area (TPSA) is 125 Å². The minimum atomic E-state index is -0.610. The third kappa shape index (κ3) is 4.88. The number of anilines is 1. The molecule has 0 fully saturated rings. The van der Waals surface area contributed by atoms with Gasteiger partial charge in [-0.1, -0.05) is 11.6 Å². The SMILES string of the molecule is COc1cc2nccc(Oc3ccc(NC(=S)NCCN)c(Cl)c3)c2cc1C(N)=O. The molecule has 1 amide bonds. The standard InChI is InChI=1S/C20H20ClN5O3S/c1-28-18-10-16-12(9-13(18)19(23)27)17(4-6-24-16)29-11-2-3-15(14(21)8-11)26-20(30)25-7-5-22/h2-4,6,8-10H,5,7,22H2,1H3,(H2,23,27)(H2,25,26,30). The van der Waals surface area contributed by atoms with E-state index in [-0.39, 0.29) is 5.56 Å². The second kappa shape index (κ2) is 9.57. The first-order valence-electron chi connectivity index (χ1n) is 8.91. The second-order valence-corrected chi connectivity index (χ2v) is 6.97. The molecule has 0 saturated heterocycles. The maximum atomic E-state index is 11.8. The van der Waals surface area contributed by atoms with Gasteiger partial charge in [-0.2, -0.15) is 0 Å². The van der Waals surface area contributed by atoms with Gasteiger partial charge in [-0.25, -0.2) is 0 Å². The molecule has 0 aliphatic rings. The number of hydrogen-bond donors (Lipinski definition) is 4. The Kier molecular flexibility index (Phi) is 6.88. The first-order valence-corrected chi connectivity index (χ1v) is 9.70. The van der Waals surface area contributed by atoms with Crippen molar-refractivity contribution in [3.63, 3.8) is 0 Å². The molecule has 0 aliphatic carbocycles. The molecule has 0 saturated carbocycles. The summed E-state index contributed by atoms with van der Waals surface area (Å²) in [6, 6.07) is 10.1. The summed E-state index contributed by atoms with van der Waals surface area (Å²) < 4.78 is 11.2. The number of halogens is 1. The molecule has 8 nitrogen and oxygen atoms in total. The smallest absolute Gasteiger partial charge is 0.252 e. The summed E-state index contributed by atoms with van der Waals surface area (Å²) in [5.41, 5.74) is 12.4. The van der Waals surface area contributed by atoms with E-state index in [1.807, 2.05) is 0 Å². The first kappa shape index (κ1) is 21.6. The summed E-state index contributed by atoms with van der Waals surface area (Å²) in [7, 11) is 1.46. The predicted molar refractivity (Wildman–Crippen MR) is 122 cm³/mol. The number of nitrogens with two attached hydrogens (primary N) is 2. The number of methoxy groups -OCH3 is 1. The molecule has 1 aromatic heterocycles. The van der Waals surface area contributed by atoms with Crippen LogP contribution < -0.4 is 31.6 Å². The van der Waals surface area contributed by atoms with Crippen LogP contribution in [-0.4, -0.2) is 36.2 Å². The largest absolute Gasteiger partial charge is 0.496 e. The van der Waals surface area contributed by atoms with Gasteiger partial charge in [0.15, 0.2) is 5.11 Å². The molecule has 0 bridgehead atoms. The number of carbonyl (C=O) groups excluding carboxylic acids is 1. The molecule has 3 rings (SSSR count). The molecule has 156 valence electrons. The molecule has 0 radical (unpaired) electrons. The van der Waals surface area contributed by atoms with Crippen molar-refractivity contribution in [1.29, 1.82) is 0 Å². The van der Waals surface area contributed by atoms with Gasteiger partial charge in [-0.3, -0.25) is 9.78 Å². The minimum Gasteiger partial charge on any atom is -0.496 e. The van der Waals surface area contributed by atoms with Crippen molar-refractivity contribution in [2.75, 3.05) is 25.5 Å². The van der Waals surface area contributed by atoms with Crippen molar-refractivity contribution < 1.29 is 14.3 Å². The fraction of sp³-hybridized carbons (Fsp3) is 0.150. The van der Waals surface area contributed by atoms with Gasteiger partial charge >= 0.3 is 0 Å². The van der Waals surface area contributed by atoms with Crippen LogP contribution in [0, 0.1) is 0 Å². The minimum absolute atomic E-state index is 0.235. The molecule has 0 aliphatic heterocycles. The van der Waals surface area contributed by atoms with Crippen LogP contribution in [-0.2, 0) is 0 Å². The van der Waals surface area contributed by atoms with Crippen LogP contribution in [0.1, 0.15) is 10.4 Å². The van der Waals surface area contributed by atoms with Crippen molar-refractivity contribution in [2.24, 2.45) is 11.5 Å². The number of hydrogen-bond acceptors (Lipinski definition) is 6. The number of rotatable bonds is 7. The highest BCUT2D eigenvalue weighted by Gasteiger charge is 2.15. The molecule has 0 atom stereocenters. The number of ether oxygens (including phenoxy) is 2. The van der Waals surface area contributed by atoms with Gasteiger partial charge in [0.05, 0.1) is 28.9 Å². The lowest BCUT2D eigenvalue weighted by atomic mass is 10.1. The number of amides is 1. The summed E-state index contributed by atoms with van der Waals surface area (Å²) in [4.78, 5) is 16.1. The molecule has 2 aromatic carbocycles. The number of nitrogens with one attached hydrogen (secondary N) is 2. The fourth-order valence-corrected chi connectivity index (χ4v) is 3.17. The number of nitrogens with zero attached hydrogens (tertiary/aromatic N) is 1. The zero-order valence-corrected chi connectivity index (χ0v) is 17.6. The van der Waals surface area contributed by atoms with Crippen LogP contribution in [0.15, 0.2) is 42.6 Å². The Balaban J connectivity index is 1.89. The third-order valence-corrected chi connectivity index (χ3v) is 4.69. The average molecular weight is 446 g/mol. The Morgan fingerprint density at radius 3 is 2.70 bits per heavy atom. The van der Waals surface area contributed by atoms with Gasteiger partial charge in [0.2, 0.25) is 0 Å². The number of carbonyl (C=O) groups is 1. The summed E-state index contributed by atoms with van der Waals surface area (Å²) in [5.74, 6) is 0.718. The number of benzene rings is 2. The van der Waals surface area contributed by atoms with Gasteiger partial charge in [-0.15, -0.1) is 0 Å². The molecule has 30 heavy (non-hydrogen) atoms. The van der Waals surface area contributed by atoms with E-state index in [0.717, 1.165) is 0 Å². The number of aromatic nitrogens is 1. The van der Waals surface area contributed by atoms with E-state index in [9.17, 15) is 4.79 Å². The molecule has 0 unspecified atom stereocenters. The van der Waals surface area contributed by atoms with Gasteiger partial charge in [0.25, 0.3) is 5.91 Å². The highest BCUT2D eigenvalue weighted by atomic mass is 35.5. The van der Waals surface area contributed by atoms with Crippen LogP contribution in [0.4, 0.5) is 5.69 Å². The van der Waals surface area contributed by atoms with Gasteiger partial charge in [-0.05, 0) is 36.5 Å². The van der Waals surface area contributed by atoms with Crippen molar-refractivity contribution >= 4 is 51.4 Å². The monoisotopic (exact) mass is 445 g/mol. The highest BCUT2D eigenvalue weighted by molar-refractivity contribution is 7.80. The fourth-order valence-electron chi connectivity index (χ4n) is 2.74. The van der Waals surface area contributed by atoms with E-state index in [0.29, 0.717) is 57.1 Å². The Morgan fingerprint density at radius 1 is 1.23 bits per heavy atom. The first-order chi connectivity index (χ1) is 14.4. The number of thiocarbonyl (C=S) groups is 1. The van der Waals surface area contributed by atoms with E-state index < -0.39 is 5.91 Å². The molecule has 10 heteroatoms. The van der Waals surface area contributed by atoms with E-state index in [1.54, 1.807) is 42.6 Å². The van der Waals surface area contributed by atoms with Crippen LogP contribution >= 0.6 is 23.8 Å². The lowest BCUT2D eigenvalue weighted by molar-refractivity contribution is 0.0997. The van der Waals surface area contributed by atoms with Crippen molar-refractivity contribution in [2.45, 2.75) is 0 Å².